The van der Waals surface area contributed by atoms with E-state index in [-0.39, 0.29) is 12.5 Å². The van der Waals surface area contributed by atoms with Gasteiger partial charge in [-0.1, -0.05) is 44.2 Å². The van der Waals surface area contributed by atoms with Gasteiger partial charge in [-0.05, 0) is 42.2 Å². The van der Waals surface area contributed by atoms with Crippen molar-refractivity contribution in [2.75, 3.05) is 12.3 Å². The van der Waals surface area contributed by atoms with Gasteiger partial charge in [0, 0.05) is 5.69 Å². The minimum absolute atomic E-state index is 0.0859. The number of carbonyl (C=O) groups is 1. The molecule has 126 valence electrons. The maximum Gasteiger partial charge on any atom is 0.277 e. The van der Waals surface area contributed by atoms with Crippen LogP contribution in [-0.2, 0) is 4.79 Å². The van der Waals surface area contributed by atoms with Crippen LogP contribution in [0.1, 0.15) is 37.8 Å². The van der Waals surface area contributed by atoms with Crippen LogP contribution in [0.15, 0.2) is 53.6 Å². The van der Waals surface area contributed by atoms with Gasteiger partial charge >= 0.3 is 0 Å². The number of benzene rings is 2. The predicted octanol–water partition coefficient (Wildman–Crippen LogP) is 3.31. The molecule has 0 aliphatic rings. The van der Waals surface area contributed by atoms with Crippen LogP contribution in [-0.4, -0.2) is 18.2 Å². The third-order valence-corrected chi connectivity index (χ3v) is 3.55. The van der Waals surface area contributed by atoms with Gasteiger partial charge in [-0.2, -0.15) is 5.10 Å². The van der Waals surface area contributed by atoms with E-state index in [1.807, 2.05) is 43.3 Å². The molecular weight excluding hydrogens is 302 g/mol. The highest BCUT2D eigenvalue weighted by atomic mass is 16.5. The molecule has 0 atom stereocenters. The van der Waals surface area contributed by atoms with E-state index in [4.69, 9.17) is 10.5 Å². The number of hydrazone groups is 1. The van der Waals surface area contributed by atoms with E-state index in [9.17, 15) is 4.79 Å². The minimum atomic E-state index is -0.309. The monoisotopic (exact) mass is 325 g/mol. The lowest BCUT2D eigenvalue weighted by atomic mass is 10.0. The van der Waals surface area contributed by atoms with E-state index in [0.29, 0.717) is 17.3 Å². The van der Waals surface area contributed by atoms with Gasteiger partial charge in [0.25, 0.3) is 5.91 Å². The number of para-hydroxylation sites is 1. The van der Waals surface area contributed by atoms with E-state index in [0.717, 1.165) is 16.9 Å². The Hall–Kier alpha value is -2.82. The molecule has 0 saturated heterocycles. The fraction of sp³-hybridized carbons (Fsp3) is 0.263. The first-order valence-electron chi connectivity index (χ1n) is 7.88. The quantitative estimate of drug-likeness (QED) is 0.486. The van der Waals surface area contributed by atoms with Gasteiger partial charge in [0.05, 0.1) is 5.71 Å². The number of nitrogens with two attached hydrogens (primary N) is 1. The third-order valence-electron chi connectivity index (χ3n) is 3.55. The van der Waals surface area contributed by atoms with Crippen molar-refractivity contribution in [1.82, 2.24) is 5.43 Å². The van der Waals surface area contributed by atoms with Gasteiger partial charge in [-0.15, -0.1) is 0 Å². The summed E-state index contributed by atoms with van der Waals surface area (Å²) in [4.78, 5) is 11.9. The van der Waals surface area contributed by atoms with Crippen LogP contribution in [0.2, 0.25) is 0 Å². The Balaban J connectivity index is 1.93. The molecule has 5 nitrogen and oxygen atoms in total. The Labute approximate surface area is 142 Å². The zero-order valence-electron chi connectivity index (χ0n) is 14.2. The summed E-state index contributed by atoms with van der Waals surface area (Å²) in [6.45, 7) is 5.89. The number of amides is 1. The summed E-state index contributed by atoms with van der Waals surface area (Å²) in [5.74, 6) is 0.740. The van der Waals surface area contributed by atoms with Crippen molar-refractivity contribution in [3.8, 4) is 5.75 Å². The zero-order valence-corrected chi connectivity index (χ0v) is 14.2. The topological polar surface area (TPSA) is 76.7 Å². The molecular formula is C19H23N3O2. The van der Waals surface area contributed by atoms with E-state index in [1.165, 1.54) is 0 Å². The predicted molar refractivity (Wildman–Crippen MR) is 97.2 cm³/mol. The fourth-order valence-corrected chi connectivity index (χ4v) is 2.24. The van der Waals surface area contributed by atoms with Crippen molar-refractivity contribution in [2.45, 2.75) is 26.7 Å². The molecule has 0 heterocycles. The van der Waals surface area contributed by atoms with Gasteiger partial charge in [0.2, 0.25) is 0 Å². The Bertz CT molecular complexity index is 739. The number of rotatable bonds is 6. The summed E-state index contributed by atoms with van der Waals surface area (Å²) in [5.41, 5.74) is 11.5. The highest BCUT2D eigenvalue weighted by Gasteiger charge is 2.09. The molecule has 0 radical (unpaired) electrons. The SMILES string of the molecule is C/C(=N/NC(=O)COc1ccccc1C(C)C)c1cccc(N)c1. The molecule has 3 N–H and O–H groups in total. The van der Waals surface area contributed by atoms with Gasteiger partial charge in [0.1, 0.15) is 5.75 Å². The summed E-state index contributed by atoms with van der Waals surface area (Å²) in [7, 11) is 0. The number of anilines is 1. The maximum atomic E-state index is 11.9. The Kier molecular flexibility index (Phi) is 5.95. The molecule has 2 rings (SSSR count). The number of hydrogen-bond donors (Lipinski definition) is 2. The second kappa shape index (κ2) is 8.15. The average molecular weight is 325 g/mol. The van der Waals surface area contributed by atoms with E-state index in [1.54, 1.807) is 12.1 Å². The van der Waals surface area contributed by atoms with Gasteiger partial charge in [-0.25, -0.2) is 5.43 Å². The highest BCUT2D eigenvalue weighted by molar-refractivity contribution is 5.99. The van der Waals surface area contributed by atoms with Crippen LogP contribution in [0.3, 0.4) is 0 Å². The molecule has 5 heteroatoms. The second-order valence-corrected chi connectivity index (χ2v) is 5.84. The van der Waals surface area contributed by atoms with Crippen LogP contribution < -0.4 is 15.9 Å². The molecule has 0 unspecified atom stereocenters. The lowest BCUT2D eigenvalue weighted by molar-refractivity contribution is -0.123. The Morgan fingerprint density at radius 3 is 2.67 bits per heavy atom. The Morgan fingerprint density at radius 2 is 1.96 bits per heavy atom. The molecule has 1 amide bonds. The lowest BCUT2D eigenvalue weighted by Crippen LogP contribution is -2.25. The standard InChI is InChI=1S/C19H23N3O2/c1-13(2)17-9-4-5-10-18(17)24-12-19(23)22-21-14(3)15-7-6-8-16(20)11-15/h4-11,13H,12,20H2,1-3H3,(H,22,23)/b21-14-. The van der Waals surface area contributed by atoms with Gasteiger partial charge < -0.3 is 10.5 Å². The molecule has 0 saturated carbocycles. The first-order chi connectivity index (χ1) is 11.5. The van der Waals surface area contributed by atoms with Crippen LogP contribution in [0.5, 0.6) is 5.75 Å². The average Bonchev–Trinajstić information content (AvgIpc) is 2.58. The number of ether oxygens (including phenoxy) is 1. The smallest absolute Gasteiger partial charge is 0.277 e. The largest absolute Gasteiger partial charge is 0.483 e. The van der Waals surface area contributed by atoms with Crippen LogP contribution >= 0.6 is 0 Å². The van der Waals surface area contributed by atoms with E-state index < -0.39 is 0 Å². The fourth-order valence-electron chi connectivity index (χ4n) is 2.24. The number of nitrogens with zero attached hydrogens (tertiary/aromatic N) is 1. The molecule has 0 aliphatic heterocycles. The van der Waals surface area contributed by atoms with Crippen LogP contribution in [0.4, 0.5) is 5.69 Å². The lowest BCUT2D eigenvalue weighted by Gasteiger charge is -2.13. The summed E-state index contributed by atoms with van der Waals surface area (Å²) in [6, 6.07) is 15.1. The number of hydrogen-bond acceptors (Lipinski definition) is 4. The molecule has 24 heavy (non-hydrogen) atoms. The zero-order chi connectivity index (χ0) is 17.5. The van der Waals surface area contributed by atoms with Crippen LogP contribution in [0, 0.1) is 0 Å². The first kappa shape index (κ1) is 17.5. The van der Waals surface area contributed by atoms with Crippen molar-refractivity contribution < 1.29 is 9.53 Å². The van der Waals surface area contributed by atoms with Crippen LogP contribution in [0.25, 0.3) is 0 Å². The second-order valence-electron chi connectivity index (χ2n) is 5.84. The first-order valence-corrected chi connectivity index (χ1v) is 7.88. The van der Waals surface area contributed by atoms with Crippen molar-refractivity contribution in [3.63, 3.8) is 0 Å². The summed E-state index contributed by atoms with van der Waals surface area (Å²) in [5, 5.41) is 4.09. The summed E-state index contributed by atoms with van der Waals surface area (Å²) in [6.07, 6.45) is 0. The molecule has 0 bridgehead atoms. The summed E-state index contributed by atoms with van der Waals surface area (Å²) >= 11 is 0. The molecule has 2 aromatic rings. The maximum absolute atomic E-state index is 11.9. The van der Waals surface area contributed by atoms with Gasteiger partial charge in [-0.3, -0.25) is 4.79 Å². The highest BCUT2D eigenvalue weighted by Crippen LogP contribution is 2.25. The number of nitrogen functional groups attached to an aromatic ring is 1. The molecule has 0 fully saturated rings. The normalized spacial score (nSPS) is 11.4. The Morgan fingerprint density at radius 1 is 1.21 bits per heavy atom. The van der Waals surface area contributed by atoms with Crippen molar-refractivity contribution in [3.05, 3.63) is 59.7 Å². The summed E-state index contributed by atoms with van der Waals surface area (Å²) < 4.78 is 5.62. The molecule has 2 aromatic carbocycles. The molecule has 0 aromatic heterocycles. The number of nitrogens with one attached hydrogen (secondary N) is 1. The number of carbonyl (C=O) groups excluding carboxylic acids is 1. The van der Waals surface area contributed by atoms with E-state index >= 15 is 0 Å². The third kappa shape index (κ3) is 4.84. The van der Waals surface area contributed by atoms with Crippen molar-refractivity contribution >= 4 is 17.3 Å². The van der Waals surface area contributed by atoms with E-state index in [2.05, 4.69) is 24.4 Å². The minimum Gasteiger partial charge on any atom is -0.483 e. The molecule has 0 spiro atoms. The van der Waals surface area contributed by atoms with Crippen molar-refractivity contribution in [1.29, 1.82) is 0 Å². The van der Waals surface area contributed by atoms with Crippen molar-refractivity contribution in [2.24, 2.45) is 5.10 Å². The van der Waals surface area contributed by atoms with Gasteiger partial charge in [0.15, 0.2) is 6.61 Å². The molecule has 0 aliphatic carbocycles.